The maximum atomic E-state index is 6.04. The van der Waals surface area contributed by atoms with Gasteiger partial charge in [0.2, 0.25) is 5.95 Å². The average molecular weight is 291 g/mol. The molecule has 3 rings (SSSR count). The van der Waals surface area contributed by atoms with Crippen LogP contribution in [0.4, 0.5) is 5.95 Å². The lowest BCUT2D eigenvalue weighted by molar-refractivity contribution is 0.0242. The summed E-state index contributed by atoms with van der Waals surface area (Å²) in [5.41, 5.74) is 1.09. The number of imidazole rings is 1. The maximum absolute atomic E-state index is 6.04. The number of aromatic nitrogens is 2. The second-order valence-electron chi connectivity index (χ2n) is 6.66. The van der Waals surface area contributed by atoms with Gasteiger partial charge in [-0.05, 0) is 32.6 Å². The van der Waals surface area contributed by atoms with E-state index in [-0.39, 0.29) is 0 Å². The molecule has 4 nitrogen and oxygen atoms in total. The van der Waals surface area contributed by atoms with Crippen molar-refractivity contribution in [1.29, 1.82) is 0 Å². The number of ether oxygens (including phenoxy) is 1. The second kappa shape index (κ2) is 7.30. The lowest BCUT2D eigenvalue weighted by Crippen LogP contribution is -2.21. The van der Waals surface area contributed by atoms with Gasteiger partial charge in [0.1, 0.15) is 0 Å². The molecule has 2 aliphatic rings. The summed E-state index contributed by atoms with van der Waals surface area (Å²) in [6.45, 7) is 3.78. The summed E-state index contributed by atoms with van der Waals surface area (Å²) < 4.78 is 8.28. The zero-order valence-corrected chi connectivity index (χ0v) is 13.3. The van der Waals surface area contributed by atoms with Crippen LogP contribution in [0.25, 0.3) is 0 Å². The lowest BCUT2D eigenvalue weighted by atomic mass is 9.98. The zero-order chi connectivity index (χ0) is 14.5. The molecule has 21 heavy (non-hydrogen) atoms. The Morgan fingerprint density at radius 1 is 1.14 bits per heavy atom. The van der Waals surface area contributed by atoms with Crippen molar-refractivity contribution in [1.82, 2.24) is 9.55 Å². The molecule has 0 atom stereocenters. The summed E-state index contributed by atoms with van der Waals surface area (Å²) in [5.74, 6) is 1.03. The number of hydrogen-bond donors (Lipinski definition) is 1. The highest BCUT2D eigenvalue weighted by atomic mass is 16.5. The van der Waals surface area contributed by atoms with Gasteiger partial charge in [-0.25, -0.2) is 4.98 Å². The topological polar surface area (TPSA) is 39.1 Å². The molecule has 0 aliphatic heterocycles. The van der Waals surface area contributed by atoms with Gasteiger partial charge >= 0.3 is 0 Å². The minimum Gasteiger partial charge on any atom is -0.376 e. The van der Waals surface area contributed by atoms with Gasteiger partial charge in [-0.15, -0.1) is 0 Å². The number of hydrogen-bond acceptors (Lipinski definition) is 3. The molecule has 1 N–H and O–H groups in total. The molecule has 0 saturated heterocycles. The average Bonchev–Trinajstić information content (AvgIpc) is 3.11. The quantitative estimate of drug-likeness (QED) is 0.864. The molecule has 0 spiro atoms. The molecule has 1 heterocycles. The summed E-state index contributed by atoms with van der Waals surface area (Å²) in [4.78, 5) is 4.64. The SMILES string of the molecule is Cc1cn(CCOC2CCCCC2)c(NC2CCCC2)n1. The van der Waals surface area contributed by atoms with E-state index in [1.165, 1.54) is 57.8 Å². The summed E-state index contributed by atoms with van der Waals surface area (Å²) in [7, 11) is 0. The molecule has 1 aromatic rings. The largest absolute Gasteiger partial charge is 0.376 e. The summed E-state index contributed by atoms with van der Waals surface area (Å²) in [6, 6.07) is 0.616. The minimum atomic E-state index is 0.495. The van der Waals surface area contributed by atoms with Gasteiger partial charge in [-0.2, -0.15) is 0 Å². The molecule has 0 bridgehead atoms. The number of anilines is 1. The van der Waals surface area contributed by atoms with Crippen molar-refractivity contribution >= 4 is 5.95 Å². The fraction of sp³-hybridized carbons (Fsp3) is 0.824. The van der Waals surface area contributed by atoms with Crippen molar-refractivity contribution in [3.8, 4) is 0 Å². The molecule has 118 valence electrons. The van der Waals surface area contributed by atoms with Crippen LogP contribution in [-0.2, 0) is 11.3 Å². The van der Waals surface area contributed by atoms with Gasteiger partial charge in [0.25, 0.3) is 0 Å². The monoisotopic (exact) mass is 291 g/mol. The van der Waals surface area contributed by atoms with E-state index in [2.05, 4.69) is 28.0 Å². The first-order valence-electron chi connectivity index (χ1n) is 8.73. The van der Waals surface area contributed by atoms with Crippen LogP contribution in [0.2, 0.25) is 0 Å². The van der Waals surface area contributed by atoms with Crippen molar-refractivity contribution in [2.45, 2.75) is 83.4 Å². The second-order valence-corrected chi connectivity index (χ2v) is 6.66. The van der Waals surface area contributed by atoms with Gasteiger partial charge in [0.05, 0.1) is 18.4 Å². The Kier molecular flexibility index (Phi) is 5.17. The van der Waals surface area contributed by atoms with E-state index in [4.69, 9.17) is 4.74 Å². The first-order chi connectivity index (χ1) is 10.3. The zero-order valence-electron chi connectivity index (χ0n) is 13.3. The van der Waals surface area contributed by atoms with Crippen molar-refractivity contribution in [2.75, 3.05) is 11.9 Å². The Hall–Kier alpha value is -1.03. The van der Waals surface area contributed by atoms with Crippen molar-refractivity contribution < 1.29 is 4.74 Å². The third kappa shape index (κ3) is 4.22. The maximum Gasteiger partial charge on any atom is 0.203 e. The third-order valence-corrected chi connectivity index (χ3v) is 4.82. The highest BCUT2D eigenvalue weighted by Gasteiger charge is 2.18. The number of nitrogens with zero attached hydrogens (tertiary/aromatic N) is 2. The molecule has 2 fully saturated rings. The van der Waals surface area contributed by atoms with Gasteiger partial charge in [-0.3, -0.25) is 0 Å². The van der Waals surface area contributed by atoms with E-state index in [9.17, 15) is 0 Å². The predicted octanol–water partition coefficient (Wildman–Crippen LogP) is 3.90. The lowest BCUT2D eigenvalue weighted by Gasteiger charge is -2.22. The van der Waals surface area contributed by atoms with Crippen LogP contribution in [0.1, 0.15) is 63.5 Å². The van der Waals surface area contributed by atoms with E-state index in [1.807, 2.05) is 0 Å². The highest BCUT2D eigenvalue weighted by Crippen LogP contribution is 2.23. The van der Waals surface area contributed by atoms with Gasteiger partial charge in [-0.1, -0.05) is 32.1 Å². The predicted molar refractivity (Wildman–Crippen MR) is 85.7 cm³/mol. The fourth-order valence-electron chi connectivity index (χ4n) is 3.63. The van der Waals surface area contributed by atoms with Gasteiger partial charge in [0.15, 0.2) is 0 Å². The number of nitrogens with one attached hydrogen (secondary N) is 1. The van der Waals surface area contributed by atoms with Crippen LogP contribution in [0.3, 0.4) is 0 Å². The van der Waals surface area contributed by atoms with E-state index < -0.39 is 0 Å². The Bertz CT molecular complexity index is 431. The summed E-state index contributed by atoms with van der Waals surface area (Å²) in [6.07, 6.45) is 14.4. The van der Waals surface area contributed by atoms with Gasteiger partial charge < -0.3 is 14.6 Å². The number of rotatable bonds is 6. The first-order valence-corrected chi connectivity index (χ1v) is 8.73. The minimum absolute atomic E-state index is 0.495. The summed E-state index contributed by atoms with van der Waals surface area (Å²) >= 11 is 0. The van der Waals surface area contributed by atoms with Crippen molar-refractivity contribution in [2.24, 2.45) is 0 Å². The smallest absolute Gasteiger partial charge is 0.203 e. The molecular formula is C17H29N3O. The first kappa shape index (κ1) is 14.9. The summed E-state index contributed by atoms with van der Waals surface area (Å²) in [5, 5.41) is 3.62. The van der Waals surface area contributed by atoms with E-state index >= 15 is 0 Å². The molecular weight excluding hydrogens is 262 g/mol. The molecule has 1 aromatic heterocycles. The van der Waals surface area contributed by atoms with Gasteiger partial charge in [0, 0.05) is 18.8 Å². The molecule has 2 saturated carbocycles. The van der Waals surface area contributed by atoms with Crippen molar-refractivity contribution in [3.63, 3.8) is 0 Å². The standard InChI is InChI=1S/C17H29N3O/c1-14-13-20(11-12-21-16-9-3-2-4-10-16)17(18-14)19-15-7-5-6-8-15/h13,15-16H,2-12H2,1H3,(H,18,19). The molecule has 0 aromatic carbocycles. The van der Waals surface area contributed by atoms with Crippen LogP contribution in [0, 0.1) is 6.92 Å². The van der Waals surface area contributed by atoms with Crippen molar-refractivity contribution in [3.05, 3.63) is 11.9 Å². The normalized spacial score (nSPS) is 21.0. The Labute approximate surface area is 128 Å². The Balaban J connectivity index is 1.49. The van der Waals surface area contributed by atoms with E-state index in [0.29, 0.717) is 12.1 Å². The molecule has 0 unspecified atom stereocenters. The number of aryl methyl sites for hydroxylation is 1. The molecule has 2 aliphatic carbocycles. The Morgan fingerprint density at radius 2 is 1.86 bits per heavy atom. The van der Waals surface area contributed by atoms with E-state index in [1.54, 1.807) is 0 Å². The van der Waals surface area contributed by atoms with Crippen LogP contribution in [-0.4, -0.2) is 28.3 Å². The highest BCUT2D eigenvalue weighted by molar-refractivity contribution is 5.30. The van der Waals surface area contributed by atoms with E-state index in [0.717, 1.165) is 24.8 Å². The fourth-order valence-corrected chi connectivity index (χ4v) is 3.63. The molecule has 0 amide bonds. The molecule has 0 radical (unpaired) electrons. The van der Waals surface area contributed by atoms with Crippen LogP contribution in [0.5, 0.6) is 0 Å². The van der Waals surface area contributed by atoms with Crippen LogP contribution in [0.15, 0.2) is 6.20 Å². The van der Waals surface area contributed by atoms with Crippen LogP contribution < -0.4 is 5.32 Å². The molecule has 4 heteroatoms. The Morgan fingerprint density at radius 3 is 2.62 bits per heavy atom. The van der Waals surface area contributed by atoms with Crippen LogP contribution >= 0.6 is 0 Å². The third-order valence-electron chi connectivity index (χ3n) is 4.82.